The summed E-state index contributed by atoms with van der Waals surface area (Å²) in [5.74, 6) is 0.389. The maximum atomic E-state index is 11.5. The van der Waals surface area contributed by atoms with Crippen molar-refractivity contribution in [2.24, 2.45) is 17.3 Å². The van der Waals surface area contributed by atoms with Gasteiger partial charge in [0.25, 0.3) is 0 Å². The summed E-state index contributed by atoms with van der Waals surface area (Å²) in [5.41, 5.74) is 3.73. The van der Waals surface area contributed by atoms with Gasteiger partial charge in [-0.1, -0.05) is 25.5 Å². The summed E-state index contributed by atoms with van der Waals surface area (Å²) >= 11 is 0. The van der Waals surface area contributed by atoms with Crippen LogP contribution >= 0.6 is 0 Å². The Balaban J connectivity index is 2.66. The molecule has 0 spiro atoms. The van der Waals surface area contributed by atoms with Gasteiger partial charge in [0.05, 0.1) is 13.0 Å². The molecule has 0 aromatic rings. The highest BCUT2D eigenvalue weighted by molar-refractivity contribution is 5.82. The van der Waals surface area contributed by atoms with Gasteiger partial charge < -0.3 is 0 Å². The van der Waals surface area contributed by atoms with Gasteiger partial charge in [0, 0.05) is 0 Å². The monoisotopic (exact) mass is 197 g/mol. The van der Waals surface area contributed by atoms with E-state index in [-0.39, 0.29) is 17.2 Å². The predicted octanol–water partition coefficient (Wildman–Crippen LogP) is 1.90. The van der Waals surface area contributed by atoms with Gasteiger partial charge in [0.15, 0.2) is 0 Å². The molecule has 0 unspecified atom stereocenters. The summed E-state index contributed by atoms with van der Waals surface area (Å²) in [4.78, 5) is 16.2. The van der Waals surface area contributed by atoms with Gasteiger partial charge in [0.2, 0.25) is 5.91 Å². The topological polar surface area (TPSA) is 38.3 Å². The molecule has 1 N–H and O–H groups in total. The second kappa shape index (κ2) is 3.73. The molecule has 0 bridgehead atoms. The smallest absolute Gasteiger partial charge is 0.247 e. The Labute approximate surface area is 85.5 Å². The number of rotatable bonds is 3. The molecular formula is C11H19NO2. The molecule has 14 heavy (non-hydrogen) atoms. The summed E-state index contributed by atoms with van der Waals surface area (Å²) < 4.78 is 0. The van der Waals surface area contributed by atoms with Gasteiger partial charge >= 0.3 is 0 Å². The van der Waals surface area contributed by atoms with Crippen molar-refractivity contribution >= 4 is 5.91 Å². The minimum atomic E-state index is -0.0139. The molecule has 3 heteroatoms. The molecule has 2 atom stereocenters. The van der Waals surface area contributed by atoms with Crippen LogP contribution in [0.3, 0.4) is 0 Å². The fourth-order valence-electron chi connectivity index (χ4n) is 2.01. The quantitative estimate of drug-likeness (QED) is 0.554. The van der Waals surface area contributed by atoms with Crippen molar-refractivity contribution in [3.8, 4) is 0 Å². The van der Waals surface area contributed by atoms with Crippen molar-refractivity contribution in [2.45, 2.75) is 27.7 Å². The first-order chi connectivity index (χ1) is 6.41. The molecule has 0 radical (unpaired) electrons. The molecule has 0 aromatic heterocycles. The molecule has 0 aromatic carbocycles. The number of carbonyl (C=O) groups is 1. The van der Waals surface area contributed by atoms with E-state index in [0.717, 1.165) is 0 Å². The number of hydrogen-bond donors (Lipinski definition) is 1. The highest BCUT2D eigenvalue weighted by Crippen LogP contribution is 2.59. The van der Waals surface area contributed by atoms with Crippen molar-refractivity contribution in [1.82, 2.24) is 5.48 Å². The van der Waals surface area contributed by atoms with E-state index >= 15 is 0 Å². The Morgan fingerprint density at radius 1 is 1.43 bits per heavy atom. The maximum absolute atomic E-state index is 11.5. The van der Waals surface area contributed by atoms with E-state index in [1.807, 2.05) is 0 Å². The Hall–Kier alpha value is -0.830. The van der Waals surface area contributed by atoms with Crippen LogP contribution in [0.2, 0.25) is 0 Å². The van der Waals surface area contributed by atoms with Gasteiger partial charge in [0.1, 0.15) is 0 Å². The Kier molecular flexibility index (Phi) is 3.00. The summed E-state index contributed by atoms with van der Waals surface area (Å²) in [6.07, 6.45) is 2.17. The van der Waals surface area contributed by atoms with Crippen LogP contribution in [0.4, 0.5) is 0 Å². The van der Waals surface area contributed by atoms with Crippen molar-refractivity contribution < 1.29 is 9.63 Å². The first-order valence-corrected chi connectivity index (χ1v) is 4.89. The first kappa shape index (κ1) is 11.2. The van der Waals surface area contributed by atoms with Crippen LogP contribution in [0.1, 0.15) is 27.7 Å². The second-order valence-electron chi connectivity index (χ2n) is 4.74. The van der Waals surface area contributed by atoms with E-state index in [0.29, 0.717) is 5.92 Å². The number of amides is 1. The molecule has 1 fully saturated rings. The molecule has 1 aliphatic carbocycles. The molecule has 0 heterocycles. The molecule has 0 aliphatic heterocycles. The zero-order valence-corrected chi connectivity index (χ0v) is 9.55. The van der Waals surface area contributed by atoms with E-state index in [1.54, 1.807) is 0 Å². The van der Waals surface area contributed by atoms with Gasteiger partial charge in [-0.15, -0.1) is 0 Å². The number of hydroxylamine groups is 1. The van der Waals surface area contributed by atoms with Crippen LogP contribution in [0, 0.1) is 17.3 Å². The fraction of sp³-hybridized carbons (Fsp3) is 0.727. The van der Waals surface area contributed by atoms with Crippen LogP contribution in [0.5, 0.6) is 0 Å². The lowest BCUT2D eigenvalue weighted by atomic mass is 10.1. The highest BCUT2D eigenvalue weighted by Gasteiger charge is 2.60. The van der Waals surface area contributed by atoms with E-state index in [9.17, 15) is 4.79 Å². The first-order valence-electron chi connectivity index (χ1n) is 4.89. The third-order valence-electron chi connectivity index (χ3n) is 2.91. The van der Waals surface area contributed by atoms with Crippen LogP contribution in [0.15, 0.2) is 11.6 Å². The molecule has 1 amide bonds. The second-order valence-corrected chi connectivity index (χ2v) is 4.74. The summed E-state index contributed by atoms with van der Waals surface area (Å²) in [5, 5.41) is 0. The molecule has 3 nitrogen and oxygen atoms in total. The van der Waals surface area contributed by atoms with Crippen LogP contribution in [-0.4, -0.2) is 13.0 Å². The predicted molar refractivity (Wildman–Crippen MR) is 55.3 cm³/mol. The van der Waals surface area contributed by atoms with Gasteiger partial charge in [-0.25, -0.2) is 5.48 Å². The van der Waals surface area contributed by atoms with Crippen molar-refractivity contribution in [1.29, 1.82) is 0 Å². The normalized spacial score (nSPS) is 28.1. The average molecular weight is 197 g/mol. The summed E-state index contributed by atoms with van der Waals surface area (Å²) in [6, 6.07) is 0. The largest absolute Gasteiger partial charge is 0.277 e. The van der Waals surface area contributed by atoms with E-state index < -0.39 is 0 Å². The van der Waals surface area contributed by atoms with Gasteiger partial charge in [-0.2, -0.15) is 0 Å². The minimum Gasteiger partial charge on any atom is -0.277 e. The number of nitrogens with one attached hydrogen (secondary N) is 1. The maximum Gasteiger partial charge on any atom is 0.247 e. The average Bonchev–Trinajstić information content (AvgIpc) is 2.52. The summed E-state index contributed by atoms with van der Waals surface area (Å²) in [7, 11) is 1.46. The molecule has 1 rings (SSSR count). The van der Waals surface area contributed by atoms with E-state index in [4.69, 9.17) is 0 Å². The minimum absolute atomic E-state index is 0.0139. The van der Waals surface area contributed by atoms with Crippen molar-refractivity contribution in [3.63, 3.8) is 0 Å². The Bertz CT molecular complexity index is 264. The van der Waals surface area contributed by atoms with Crippen LogP contribution < -0.4 is 5.48 Å². The lowest BCUT2D eigenvalue weighted by molar-refractivity contribution is -0.133. The van der Waals surface area contributed by atoms with E-state index in [1.165, 1.54) is 12.7 Å². The fourth-order valence-corrected chi connectivity index (χ4v) is 2.01. The van der Waals surface area contributed by atoms with E-state index in [2.05, 4.69) is 44.1 Å². The number of carbonyl (C=O) groups excluding carboxylic acids is 1. The van der Waals surface area contributed by atoms with Gasteiger partial charge in [-0.05, 0) is 25.2 Å². The SMILES string of the molecule is CONC(=O)[C@@H]1[C@H](C=C(C)C)C1(C)C. The Morgan fingerprint density at radius 3 is 2.43 bits per heavy atom. The molecule has 80 valence electrons. The highest BCUT2D eigenvalue weighted by atomic mass is 16.6. The molecular weight excluding hydrogens is 178 g/mol. The zero-order valence-electron chi connectivity index (χ0n) is 9.55. The van der Waals surface area contributed by atoms with Crippen LogP contribution in [-0.2, 0) is 9.63 Å². The standard InChI is InChI=1S/C11H19NO2/c1-7(2)6-8-9(11(8,3)4)10(13)12-14-5/h6,8-9H,1-5H3,(H,12,13)/t8-,9-/m0/s1. The third kappa shape index (κ3) is 1.98. The third-order valence-corrected chi connectivity index (χ3v) is 2.91. The zero-order chi connectivity index (χ0) is 10.9. The summed E-state index contributed by atoms with van der Waals surface area (Å²) in [6.45, 7) is 8.33. The number of hydrogen-bond acceptors (Lipinski definition) is 2. The van der Waals surface area contributed by atoms with Crippen LogP contribution in [0.25, 0.3) is 0 Å². The molecule has 1 saturated carbocycles. The van der Waals surface area contributed by atoms with Gasteiger partial charge in [-0.3, -0.25) is 9.63 Å². The lowest BCUT2D eigenvalue weighted by Crippen LogP contribution is -2.25. The van der Waals surface area contributed by atoms with Crippen molar-refractivity contribution in [3.05, 3.63) is 11.6 Å². The lowest BCUT2D eigenvalue weighted by Gasteiger charge is -2.01. The molecule has 1 aliphatic rings. The number of allylic oxidation sites excluding steroid dienone is 2. The molecule has 0 saturated heterocycles. The van der Waals surface area contributed by atoms with Crippen molar-refractivity contribution in [2.75, 3.05) is 7.11 Å². The Morgan fingerprint density at radius 2 is 2.00 bits per heavy atom.